The van der Waals surface area contributed by atoms with Crippen molar-refractivity contribution < 1.29 is 28.5 Å². The summed E-state index contributed by atoms with van der Waals surface area (Å²) in [6.45, 7) is 3.95. The third kappa shape index (κ3) is 4.05. The molecule has 6 heteroatoms. The Balaban J connectivity index is 1.47. The van der Waals surface area contributed by atoms with Gasteiger partial charge in [0.1, 0.15) is 11.9 Å². The predicted molar refractivity (Wildman–Crippen MR) is 128 cm³/mol. The molecule has 0 bridgehead atoms. The molecule has 0 aromatic heterocycles. The van der Waals surface area contributed by atoms with Crippen LogP contribution >= 0.6 is 0 Å². The fourth-order valence-electron chi connectivity index (χ4n) is 5.32. The number of carbonyl (C=O) groups excluding carboxylic acids is 1. The highest BCUT2D eigenvalue weighted by Crippen LogP contribution is 2.47. The smallest absolute Gasteiger partial charge is 0.348 e. The number of fused-ring (bicyclic) bond motifs is 1. The summed E-state index contributed by atoms with van der Waals surface area (Å²) in [5, 5.41) is 11.7. The summed E-state index contributed by atoms with van der Waals surface area (Å²) in [6, 6.07) is 23.9. The number of benzene rings is 3. The van der Waals surface area contributed by atoms with Crippen molar-refractivity contribution >= 4 is 5.97 Å². The quantitative estimate of drug-likeness (QED) is 0.515. The zero-order valence-corrected chi connectivity index (χ0v) is 19.8. The van der Waals surface area contributed by atoms with Crippen LogP contribution in [0, 0.1) is 5.82 Å². The van der Waals surface area contributed by atoms with E-state index in [1.165, 1.54) is 18.2 Å². The number of aliphatic hydroxyl groups is 1. The molecule has 0 amide bonds. The van der Waals surface area contributed by atoms with E-state index in [-0.39, 0.29) is 17.2 Å². The van der Waals surface area contributed by atoms with Crippen molar-refractivity contribution in [2.24, 2.45) is 0 Å². The van der Waals surface area contributed by atoms with Crippen molar-refractivity contribution in [1.29, 1.82) is 0 Å². The van der Waals surface area contributed by atoms with Gasteiger partial charge in [0.05, 0.1) is 17.8 Å². The Morgan fingerprint density at radius 2 is 1.69 bits per heavy atom. The first-order chi connectivity index (χ1) is 16.9. The van der Waals surface area contributed by atoms with Crippen LogP contribution in [0.1, 0.15) is 43.4 Å². The normalized spacial score (nSPS) is 29.4. The molecule has 2 saturated heterocycles. The number of hydrogen-bond acceptors (Lipinski definition) is 5. The predicted octanol–water partition coefficient (Wildman–Crippen LogP) is 4.86. The molecule has 3 aromatic carbocycles. The summed E-state index contributed by atoms with van der Waals surface area (Å²) >= 11 is 0. The van der Waals surface area contributed by atoms with Crippen molar-refractivity contribution in [2.45, 2.75) is 62.3 Å². The molecule has 0 saturated carbocycles. The average molecular weight is 477 g/mol. The van der Waals surface area contributed by atoms with E-state index >= 15 is 0 Å². The van der Waals surface area contributed by atoms with Gasteiger partial charge in [0.2, 0.25) is 5.60 Å². The summed E-state index contributed by atoms with van der Waals surface area (Å²) in [7, 11) is 0. The maximum absolute atomic E-state index is 14.9. The zero-order valence-electron chi connectivity index (χ0n) is 19.8. The maximum Gasteiger partial charge on any atom is 0.348 e. The summed E-state index contributed by atoms with van der Waals surface area (Å²) in [5.41, 5.74) is -1.85. The number of carbonyl (C=O) groups is 1. The van der Waals surface area contributed by atoms with E-state index in [9.17, 15) is 14.3 Å². The molecule has 1 N–H and O–H groups in total. The van der Waals surface area contributed by atoms with E-state index in [2.05, 4.69) is 0 Å². The largest absolute Gasteiger partial charge is 0.454 e. The monoisotopic (exact) mass is 476 g/mol. The third-order valence-electron chi connectivity index (χ3n) is 7.17. The first-order valence-corrected chi connectivity index (χ1v) is 12.0. The molecule has 2 aliphatic rings. The molecule has 2 fully saturated rings. The van der Waals surface area contributed by atoms with Gasteiger partial charge < -0.3 is 19.3 Å². The Bertz CT molecular complexity index is 1190. The standard InChI is InChI=1S/C29H29FO5/c1-3-23-25(26-24(33-23)18-28(2,35-26)19-12-6-4-7-13-19)34-27(31)29(32,20-14-8-5-9-15-20)21-16-10-11-17-22(21)30/h4-17,23-26,32H,3,18H2,1-2H3/t23-,24-,25+,26+,28-,29?/m1/s1. The van der Waals surface area contributed by atoms with Crippen LogP contribution in [-0.4, -0.2) is 35.5 Å². The van der Waals surface area contributed by atoms with Crippen LogP contribution in [0.4, 0.5) is 4.39 Å². The fourth-order valence-corrected chi connectivity index (χ4v) is 5.32. The average Bonchev–Trinajstić information content (AvgIpc) is 3.39. The van der Waals surface area contributed by atoms with Gasteiger partial charge >= 0.3 is 5.97 Å². The van der Waals surface area contributed by atoms with Gasteiger partial charge in [-0.2, -0.15) is 0 Å². The van der Waals surface area contributed by atoms with Crippen LogP contribution in [0.5, 0.6) is 0 Å². The van der Waals surface area contributed by atoms with Gasteiger partial charge in [0.15, 0.2) is 6.10 Å². The second-order valence-electron chi connectivity index (χ2n) is 9.43. The molecule has 2 heterocycles. The van der Waals surface area contributed by atoms with Gasteiger partial charge in [-0.05, 0) is 30.5 Å². The summed E-state index contributed by atoms with van der Waals surface area (Å²) in [5.74, 6) is -1.66. The van der Waals surface area contributed by atoms with Crippen LogP contribution in [0.25, 0.3) is 0 Å². The Hall–Kier alpha value is -3.06. The molecule has 35 heavy (non-hydrogen) atoms. The lowest BCUT2D eigenvalue weighted by Gasteiger charge is -2.32. The molecule has 5 nitrogen and oxygen atoms in total. The van der Waals surface area contributed by atoms with Crippen LogP contribution in [0.15, 0.2) is 84.9 Å². The van der Waals surface area contributed by atoms with Crippen molar-refractivity contribution in [3.05, 3.63) is 107 Å². The first-order valence-electron chi connectivity index (χ1n) is 12.0. The second kappa shape index (κ2) is 9.19. The lowest BCUT2D eigenvalue weighted by atomic mass is 9.86. The fraction of sp³-hybridized carbons (Fsp3) is 0.345. The van der Waals surface area contributed by atoms with E-state index in [0.29, 0.717) is 12.8 Å². The zero-order chi connectivity index (χ0) is 24.6. The molecule has 5 rings (SSSR count). The van der Waals surface area contributed by atoms with Crippen LogP contribution in [0.3, 0.4) is 0 Å². The highest BCUT2D eigenvalue weighted by Gasteiger charge is 2.58. The highest BCUT2D eigenvalue weighted by molar-refractivity contribution is 5.85. The number of rotatable bonds is 6. The number of esters is 1. The summed E-state index contributed by atoms with van der Waals surface area (Å²) in [6.07, 6.45) is -0.696. The van der Waals surface area contributed by atoms with E-state index in [1.807, 2.05) is 44.2 Å². The Kier molecular flexibility index (Phi) is 6.21. The summed E-state index contributed by atoms with van der Waals surface area (Å²) < 4.78 is 33.6. The minimum Gasteiger partial charge on any atom is -0.454 e. The molecule has 3 aromatic rings. The molecular formula is C29H29FO5. The van der Waals surface area contributed by atoms with Crippen LogP contribution < -0.4 is 0 Å². The third-order valence-corrected chi connectivity index (χ3v) is 7.17. The lowest BCUT2D eigenvalue weighted by Crippen LogP contribution is -2.45. The molecule has 0 radical (unpaired) electrons. The van der Waals surface area contributed by atoms with E-state index < -0.39 is 41.3 Å². The van der Waals surface area contributed by atoms with E-state index in [4.69, 9.17) is 14.2 Å². The van der Waals surface area contributed by atoms with Crippen LogP contribution in [-0.2, 0) is 30.2 Å². The van der Waals surface area contributed by atoms with Gasteiger partial charge in [0.25, 0.3) is 0 Å². The molecule has 182 valence electrons. The van der Waals surface area contributed by atoms with Crippen molar-refractivity contribution in [2.75, 3.05) is 0 Å². The van der Waals surface area contributed by atoms with E-state index in [1.54, 1.807) is 36.4 Å². The Morgan fingerprint density at radius 3 is 2.34 bits per heavy atom. The first kappa shape index (κ1) is 23.7. The molecule has 0 spiro atoms. The van der Waals surface area contributed by atoms with Gasteiger partial charge in [-0.3, -0.25) is 0 Å². The molecular weight excluding hydrogens is 447 g/mol. The van der Waals surface area contributed by atoms with Crippen LogP contribution in [0.2, 0.25) is 0 Å². The molecule has 6 atom stereocenters. The van der Waals surface area contributed by atoms with Crippen molar-refractivity contribution in [1.82, 2.24) is 0 Å². The number of hydrogen-bond donors (Lipinski definition) is 1. The number of ether oxygens (including phenoxy) is 3. The minimum absolute atomic E-state index is 0.166. The molecule has 2 aliphatic heterocycles. The van der Waals surface area contributed by atoms with E-state index in [0.717, 1.165) is 5.56 Å². The van der Waals surface area contributed by atoms with Gasteiger partial charge in [-0.25, -0.2) is 9.18 Å². The number of halogens is 1. The van der Waals surface area contributed by atoms with Crippen molar-refractivity contribution in [3.8, 4) is 0 Å². The van der Waals surface area contributed by atoms with Crippen molar-refractivity contribution in [3.63, 3.8) is 0 Å². The SMILES string of the molecule is CC[C@H]1O[C@@H]2C[C@](C)(c3ccccc3)O[C@@H]2[C@H]1OC(=O)C(O)(c1ccccc1)c1ccccc1F. The maximum atomic E-state index is 14.9. The highest BCUT2D eigenvalue weighted by atomic mass is 19.1. The second-order valence-corrected chi connectivity index (χ2v) is 9.43. The topological polar surface area (TPSA) is 65.0 Å². The lowest BCUT2D eigenvalue weighted by molar-refractivity contribution is -0.180. The Morgan fingerprint density at radius 1 is 1.06 bits per heavy atom. The van der Waals surface area contributed by atoms with Gasteiger partial charge in [-0.15, -0.1) is 0 Å². The minimum atomic E-state index is -2.33. The molecule has 1 unspecified atom stereocenters. The molecule has 0 aliphatic carbocycles. The summed E-state index contributed by atoms with van der Waals surface area (Å²) in [4.78, 5) is 13.7. The van der Waals surface area contributed by atoms with Gasteiger partial charge in [-0.1, -0.05) is 85.8 Å². The van der Waals surface area contributed by atoms with Gasteiger partial charge in [0, 0.05) is 12.0 Å². The Labute approximate surface area is 204 Å².